The topological polar surface area (TPSA) is 69.7 Å². The SMILES string of the molecule is O=C(CCCl)NCCCS(=O)(=O)N1CCN(c2ccccc2)CC1. The molecule has 0 bridgehead atoms. The van der Waals surface area contributed by atoms with Crippen molar-refractivity contribution in [1.29, 1.82) is 0 Å². The molecule has 0 spiro atoms. The number of hydrogen-bond acceptors (Lipinski definition) is 4. The number of alkyl halides is 1. The predicted molar refractivity (Wildman–Crippen MR) is 97.0 cm³/mol. The van der Waals surface area contributed by atoms with Gasteiger partial charge < -0.3 is 10.2 Å². The summed E-state index contributed by atoms with van der Waals surface area (Å²) in [5, 5.41) is 2.67. The predicted octanol–water partition coefficient (Wildman–Crippen LogP) is 1.27. The Kier molecular flexibility index (Phi) is 7.33. The number of rotatable bonds is 8. The van der Waals surface area contributed by atoms with Gasteiger partial charge in [0.1, 0.15) is 0 Å². The Hall–Kier alpha value is -1.31. The summed E-state index contributed by atoms with van der Waals surface area (Å²) in [6, 6.07) is 10.0. The van der Waals surface area contributed by atoms with E-state index in [0.717, 1.165) is 5.69 Å². The van der Waals surface area contributed by atoms with E-state index < -0.39 is 10.0 Å². The number of piperazine rings is 1. The molecule has 1 N–H and O–H groups in total. The third-order valence-electron chi connectivity index (χ3n) is 3.98. The van der Waals surface area contributed by atoms with Crippen molar-refractivity contribution in [2.45, 2.75) is 12.8 Å². The zero-order valence-electron chi connectivity index (χ0n) is 13.7. The lowest BCUT2D eigenvalue weighted by molar-refractivity contribution is -0.120. The largest absolute Gasteiger partial charge is 0.369 e. The smallest absolute Gasteiger partial charge is 0.221 e. The molecule has 8 heteroatoms. The first kappa shape index (κ1) is 19.0. The van der Waals surface area contributed by atoms with E-state index in [1.807, 2.05) is 30.3 Å². The van der Waals surface area contributed by atoms with Crippen LogP contribution in [0.4, 0.5) is 5.69 Å². The minimum Gasteiger partial charge on any atom is -0.369 e. The molecule has 0 aliphatic carbocycles. The second-order valence-electron chi connectivity index (χ2n) is 5.68. The fraction of sp³-hybridized carbons (Fsp3) is 0.562. The van der Waals surface area contributed by atoms with Crippen LogP contribution < -0.4 is 10.2 Å². The van der Waals surface area contributed by atoms with Gasteiger partial charge in [0.15, 0.2) is 0 Å². The van der Waals surface area contributed by atoms with Gasteiger partial charge in [-0.15, -0.1) is 11.6 Å². The molecule has 6 nitrogen and oxygen atoms in total. The van der Waals surface area contributed by atoms with Crippen molar-refractivity contribution in [3.63, 3.8) is 0 Å². The number of para-hydroxylation sites is 1. The van der Waals surface area contributed by atoms with Crippen molar-refractivity contribution in [3.8, 4) is 0 Å². The van der Waals surface area contributed by atoms with E-state index in [0.29, 0.717) is 39.1 Å². The van der Waals surface area contributed by atoms with Gasteiger partial charge in [0.25, 0.3) is 0 Å². The van der Waals surface area contributed by atoms with Crippen LogP contribution in [-0.4, -0.2) is 63.0 Å². The highest BCUT2D eigenvalue weighted by molar-refractivity contribution is 7.89. The number of nitrogens with one attached hydrogen (secondary N) is 1. The minimum absolute atomic E-state index is 0.0551. The molecule has 1 fully saturated rings. The van der Waals surface area contributed by atoms with Gasteiger partial charge in [0, 0.05) is 50.7 Å². The summed E-state index contributed by atoms with van der Waals surface area (Å²) in [6.07, 6.45) is 0.672. The van der Waals surface area contributed by atoms with Gasteiger partial charge >= 0.3 is 0 Å². The van der Waals surface area contributed by atoms with Crippen molar-refractivity contribution >= 4 is 33.2 Å². The second kappa shape index (κ2) is 9.25. The van der Waals surface area contributed by atoms with Gasteiger partial charge in [0.2, 0.25) is 15.9 Å². The number of carbonyl (C=O) groups is 1. The molecule has 0 aromatic heterocycles. The number of anilines is 1. The number of benzene rings is 1. The van der Waals surface area contributed by atoms with E-state index in [-0.39, 0.29) is 24.0 Å². The van der Waals surface area contributed by atoms with Crippen LogP contribution in [0.15, 0.2) is 30.3 Å². The lowest BCUT2D eigenvalue weighted by Crippen LogP contribution is -2.49. The Balaban J connectivity index is 1.75. The highest BCUT2D eigenvalue weighted by Crippen LogP contribution is 2.17. The second-order valence-corrected chi connectivity index (χ2v) is 8.15. The van der Waals surface area contributed by atoms with Crippen LogP contribution in [0.5, 0.6) is 0 Å². The van der Waals surface area contributed by atoms with E-state index in [4.69, 9.17) is 11.6 Å². The Bertz CT molecular complexity index is 617. The van der Waals surface area contributed by atoms with Crippen LogP contribution >= 0.6 is 11.6 Å². The number of amides is 1. The first-order valence-corrected chi connectivity index (χ1v) is 10.3. The Morgan fingerprint density at radius 1 is 1.12 bits per heavy atom. The molecule has 0 unspecified atom stereocenters. The van der Waals surface area contributed by atoms with Gasteiger partial charge in [-0.05, 0) is 18.6 Å². The molecule has 0 atom stereocenters. The maximum absolute atomic E-state index is 12.4. The third kappa shape index (κ3) is 5.65. The maximum Gasteiger partial charge on any atom is 0.221 e. The molecule has 134 valence electrons. The van der Waals surface area contributed by atoms with Crippen LogP contribution in [-0.2, 0) is 14.8 Å². The van der Waals surface area contributed by atoms with Crippen molar-refractivity contribution in [2.24, 2.45) is 0 Å². The van der Waals surface area contributed by atoms with E-state index in [2.05, 4.69) is 10.2 Å². The molecule has 1 heterocycles. The summed E-state index contributed by atoms with van der Waals surface area (Å²) in [6.45, 7) is 2.73. The van der Waals surface area contributed by atoms with Gasteiger partial charge in [-0.3, -0.25) is 4.79 Å². The van der Waals surface area contributed by atoms with Gasteiger partial charge in [0.05, 0.1) is 5.75 Å². The molecule has 24 heavy (non-hydrogen) atoms. The number of sulfonamides is 1. The van der Waals surface area contributed by atoms with Gasteiger partial charge in [-0.25, -0.2) is 8.42 Å². The van der Waals surface area contributed by atoms with Crippen molar-refractivity contribution < 1.29 is 13.2 Å². The monoisotopic (exact) mass is 373 g/mol. The van der Waals surface area contributed by atoms with E-state index >= 15 is 0 Å². The average molecular weight is 374 g/mol. The van der Waals surface area contributed by atoms with Crippen molar-refractivity contribution in [3.05, 3.63) is 30.3 Å². The van der Waals surface area contributed by atoms with Gasteiger partial charge in [-0.2, -0.15) is 4.31 Å². The maximum atomic E-state index is 12.4. The first-order chi connectivity index (χ1) is 11.5. The quantitative estimate of drug-likeness (QED) is 0.550. The molecule has 1 aliphatic rings. The molecule has 2 rings (SSSR count). The fourth-order valence-electron chi connectivity index (χ4n) is 2.65. The normalized spacial score (nSPS) is 16.1. The molecular formula is C16H24ClN3O3S. The fourth-order valence-corrected chi connectivity index (χ4v) is 4.31. The average Bonchev–Trinajstić information content (AvgIpc) is 2.60. The number of halogens is 1. The zero-order valence-corrected chi connectivity index (χ0v) is 15.2. The number of carbonyl (C=O) groups excluding carboxylic acids is 1. The minimum atomic E-state index is -3.27. The summed E-state index contributed by atoms with van der Waals surface area (Å²) in [7, 11) is -3.27. The summed E-state index contributed by atoms with van der Waals surface area (Å²) < 4.78 is 26.3. The van der Waals surface area contributed by atoms with Crippen LogP contribution in [0.3, 0.4) is 0 Å². The molecular weight excluding hydrogens is 350 g/mol. The summed E-state index contributed by atoms with van der Waals surface area (Å²) in [5.41, 5.74) is 1.12. The molecule has 1 aromatic carbocycles. The summed E-state index contributed by atoms with van der Waals surface area (Å²) in [5.74, 6) is 0.189. The first-order valence-electron chi connectivity index (χ1n) is 8.13. The summed E-state index contributed by atoms with van der Waals surface area (Å²) >= 11 is 5.47. The molecule has 1 amide bonds. The Morgan fingerprint density at radius 3 is 2.42 bits per heavy atom. The van der Waals surface area contributed by atoms with Crippen LogP contribution in [0, 0.1) is 0 Å². The molecule has 1 aliphatic heterocycles. The lowest BCUT2D eigenvalue weighted by atomic mass is 10.2. The Morgan fingerprint density at radius 2 is 1.79 bits per heavy atom. The molecule has 1 aromatic rings. The summed E-state index contributed by atoms with van der Waals surface area (Å²) in [4.78, 5) is 13.5. The van der Waals surface area contributed by atoms with Crippen LogP contribution in [0.25, 0.3) is 0 Å². The highest BCUT2D eigenvalue weighted by Gasteiger charge is 2.26. The number of hydrogen-bond donors (Lipinski definition) is 1. The van der Waals surface area contributed by atoms with E-state index in [1.54, 1.807) is 4.31 Å². The number of nitrogens with zero attached hydrogens (tertiary/aromatic N) is 2. The van der Waals surface area contributed by atoms with E-state index in [9.17, 15) is 13.2 Å². The standard InChI is InChI=1S/C16H24ClN3O3S/c17-8-7-16(21)18-9-4-14-24(22,23)20-12-10-19(11-13-20)15-5-2-1-3-6-15/h1-3,5-6H,4,7-14H2,(H,18,21). The van der Waals surface area contributed by atoms with Crippen molar-refractivity contribution in [1.82, 2.24) is 9.62 Å². The zero-order chi connectivity index (χ0) is 17.4. The van der Waals surface area contributed by atoms with Crippen LogP contribution in [0.2, 0.25) is 0 Å². The van der Waals surface area contributed by atoms with Gasteiger partial charge in [-0.1, -0.05) is 18.2 Å². The highest BCUT2D eigenvalue weighted by atomic mass is 35.5. The van der Waals surface area contributed by atoms with E-state index in [1.165, 1.54) is 0 Å². The molecule has 1 saturated heterocycles. The van der Waals surface area contributed by atoms with Crippen molar-refractivity contribution in [2.75, 3.05) is 49.3 Å². The third-order valence-corrected chi connectivity index (χ3v) is 6.12. The molecule has 0 saturated carbocycles. The lowest BCUT2D eigenvalue weighted by Gasteiger charge is -2.35. The van der Waals surface area contributed by atoms with Crippen LogP contribution in [0.1, 0.15) is 12.8 Å². The Labute approximate surface area is 148 Å². The molecule has 0 radical (unpaired) electrons.